The van der Waals surface area contributed by atoms with E-state index in [0.29, 0.717) is 23.7 Å². The number of likely N-dealkylation sites (tertiary alicyclic amines) is 1. The third-order valence-corrected chi connectivity index (χ3v) is 5.65. The number of nitrogens with one attached hydrogen (secondary N) is 1. The van der Waals surface area contributed by atoms with Gasteiger partial charge in [-0.1, -0.05) is 12.1 Å². The van der Waals surface area contributed by atoms with Gasteiger partial charge in [0, 0.05) is 37.2 Å². The Hall–Kier alpha value is -3.57. The highest BCUT2D eigenvalue weighted by Crippen LogP contribution is 2.40. The second kappa shape index (κ2) is 10.4. The molecule has 0 saturated carbocycles. The summed E-state index contributed by atoms with van der Waals surface area (Å²) in [5.41, 5.74) is -3.76. The van der Waals surface area contributed by atoms with E-state index in [-0.39, 0.29) is 38.5 Å². The predicted molar refractivity (Wildman–Crippen MR) is 111 cm³/mol. The number of anilines is 1. The van der Waals surface area contributed by atoms with Crippen LogP contribution in [0.5, 0.6) is 0 Å². The van der Waals surface area contributed by atoms with E-state index in [1.165, 1.54) is 24.3 Å². The van der Waals surface area contributed by atoms with Crippen LogP contribution in [0, 0.1) is 0 Å². The van der Waals surface area contributed by atoms with Gasteiger partial charge in [0.25, 0.3) is 12.4 Å². The number of hydrogen-bond acceptors (Lipinski definition) is 4. The third kappa shape index (κ3) is 6.31. The molecule has 0 bridgehead atoms. The van der Waals surface area contributed by atoms with Crippen molar-refractivity contribution in [2.75, 3.05) is 18.4 Å². The minimum atomic E-state index is -5.16. The highest BCUT2D eigenvalue weighted by atomic mass is 19.4. The molecule has 2 amide bonds. The van der Waals surface area contributed by atoms with Crippen LogP contribution in [-0.4, -0.2) is 42.9 Å². The molecule has 0 radical (unpaired) electrons. The summed E-state index contributed by atoms with van der Waals surface area (Å²) >= 11 is 0. The number of carbonyl (C=O) groups is 3. The van der Waals surface area contributed by atoms with Gasteiger partial charge in [0.15, 0.2) is 0 Å². The molecule has 6 nitrogen and oxygen atoms in total. The van der Waals surface area contributed by atoms with Gasteiger partial charge in [-0.25, -0.2) is 0 Å². The topological polar surface area (TPSA) is 75.7 Å². The van der Waals surface area contributed by atoms with Gasteiger partial charge in [0.1, 0.15) is 6.10 Å². The fourth-order valence-corrected chi connectivity index (χ4v) is 3.90. The van der Waals surface area contributed by atoms with E-state index in [1.54, 1.807) is 0 Å². The number of ether oxygens (including phenoxy) is 1. The van der Waals surface area contributed by atoms with E-state index in [2.05, 4.69) is 5.32 Å². The van der Waals surface area contributed by atoms with Crippen molar-refractivity contribution in [3.8, 4) is 0 Å². The minimum absolute atomic E-state index is 0.000435. The number of piperidine rings is 1. The quantitative estimate of drug-likeness (QED) is 0.442. The van der Waals surface area contributed by atoms with Gasteiger partial charge >= 0.3 is 12.4 Å². The van der Waals surface area contributed by atoms with Crippen LogP contribution in [0.15, 0.2) is 36.4 Å². The summed E-state index contributed by atoms with van der Waals surface area (Å²) in [7, 11) is 0. The Morgan fingerprint density at radius 3 is 2.14 bits per heavy atom. The van der Waals surface area contributed by atoms with E-state index in [9.17, 15) is 40.7 Å². The van der Waals surface area contributed by atoms with Crippen LogP contribution in [-0.2, 0) is 33.1 Å². The molecule has 1 aliphatic rings. The molecule has 1 N–H and O–H groups in total. The SMILES string of the molecule is O=CNc1ccc(Cc2c(C(=O)N3CCC(OC=O)CC3)cc(C(F)(F)F)cc2C(F)(F)F)cc1. The van der Waals surface area contributed by atoms with Gasteiger partial charge in [-0.15, -0.1) is 0 Å². The van der Waals surface area contributed by atoms with Crippen molar-refractivity contribution in [3.63, 3.8) is 0 Å². The predicted octanol–water partition coefficient (Wildman–Crippen LogP) is 4.66. The van der Waals surface area contributed by atoms with Crippen LogP contribution in [0.3, 0.4) is 0 Å². The number of nitrogens with zero attached hydrogens (tertiary/aromatic N) is 1. The summed E-state index contributed by atoms with van der Waals surface area (Å²) in [5, 5.41) is 2.37. The Morgan fingerprint density at radius 1 is 1.00 bits per heavy atom. The summed E-state index contributed by atoms with van der Waals surface area (Å²) in [6, 6.07) is 6.10. The molecule has 188 valence electrons. The number of rotatable bonds is 7. The largest absolute Gasteiger partial charge is 0.464 e. The number of hydrogen-bond donors (Lipinski definition) is 1. The summed E-state index contributed by atoms with van der Waals surface area (Å²) in [6.45, 7) is 0.249. The number of halogens is 6. The molecule has 0 unspecified atom stereocenters. The maximum Gasteiger partial charge on any atom is 0.416 e. The second-order valence-electron chi connectivity index (χ2n) is 7.91. The molecule has 0 aromatic heterocycles. The highest BCUT2D eigenvalue weighted by Gasteiger charge is 2.41. The van der Waals surface area contributed by atoms with Crippen LogP contribution in [0.25, 0.3) is 0 Å². The fraction of sp³-hybridized carbons (Fsp3) is 0.348. The Kier molecular flexibility index (Phi) is 7.71. The Bertz CT molecular complexity index is 1080. The van der Waals surface area contributed by atoms with Crippen molar-refractivity contribution in [1.29, 1.82) is 0 Å². The normalized spacial score (nSPS) is 15.0. The van der Waals surface area contributed by atoms with Crippen LogP contribution in [0.2, 0.25) is 0 Å². The average molecular weight is 502 g/mol. The molecule has 1 aliphatic heterocycles. The molecule has 0 atom stereocenters. The second-order valence-corrected chi connectivity index (χ2v) is 7.91. The van der Waals surface area contributed by atoms with E-state index in [4.69, 9.17) is 4.74 Å². The Balaban J connectivity index is 2.07. The first-order valence-corrected chi connectivity index (χ1v) is 10.4. The number of amides is 2. The smallest absolute Gasteiger partial charge is 0.416 e. The number of benzene rings is 2. The average Bonchev–Trinajstić information content (AvgIpc) is 2.79. The van der Waals surface area contributed by atoms with Crippen LogP contribution >= 0.6 is 0 Å². The van der Waals surface area contributed by atoms with E-state index < -0.39 is 53.0 Å². The lowest BCUT2D eigenvalue weighted by atomic mass is 9.90. The molecule has 0 aliphatic carbocycles. The van der Waals surface area contributed by atoms with E-state index in [0.717, 1.165) is 4.90 Å². The molecule has 2 aromatic carbocycles. The van der Waals surface area contributed by atoms with Crippen molar-refractivity contribution in [1.82, 2.24) is 4.90 Å². The molecule has 1 fully saturated rings. The Morgan fingerprint density at radius 2 is 1.63 bits per heavy atom. The molecule has 0 spiro atoms. The summed E-state index contributed by atoms with van der Waals surface area (Å²) in [6.07, 6.45) is -10.4. The first kappa shape index (κ1) is 26.0. The van der Waals surface area contributed by atoms with Crippen LogP contribution in [0.4, 0.5) is 32.0 Å². The maximum atomic E-state index is 13.9. The number of alkyl halides is 6. The molecular weight excluding hydrogens is 482 g/mol. The van der Waals surface area contributed by atoms with Crippen molar-refractivity contribution in [3.05, 3.63) is 64.2 Å². The molecular formula is C23H20F6N2O4. The van der Waals surface area contributed by atoms with Gasteiger partial charge in [0.05, 0.1) is 11.1 Å². The molecule has 3 rings (SSSR count). The molecule has 1 heterocycles. The summed E-state index contributed by atoms with van der Waals surface area (Å²) in [5.74, 6) is -0.972. The minimum Gasteiger partial charge on any atom is -0.464 e. The van der Waals surface area contributed by atoms with Crippen molar-refractivity contribution in [2.24, 2.45) is 0 Å². The lowest BCUT2D eigenvalue weighted by Gasteiger charge is -2.32. The zero-order valence-corrected chi connectivity index (χ0v) is 18.1. The van der Waals surface area contributed by atoms with Crippen molar-refractivity contribution < 1.29 is 45.5 Å². The van der Waals surface area contributed by atoms with Gasteiger partial charge in [-0.2, -0.15) is 26.3 Å². The molecule has 2 aromatic rings. The van der Waals surface area contributed by atoms with Crippen molar-refractivity contribution in [2.45, 2.75) is 37.7 Å². The maximum absolute atomic E-state index is 13.9. The molecule has 35 heavy (non-hydrogen) atoms. The lowest BCUT2D eigenvalue weighted by Crippen LogP contribution is -2.41. The van der Waals surface area contributed by atoms with Gasteiger partial charge < -0.3 is 15.0 Å². The monoisotopic (exact) mass is 502 g/mol. The van der Waals surface area contributed by atoms with Crippen LogP contribution in [0.1, 0.15) is 45.5 Å². The fourth-order valence-electron chi connectivity index (χ4n) is 3.90. The van der Waals surface area contributed by atoms with Gasteiger partial charge in [-0.3, -0.25) is 14.4 Å². The summed E-state index contributed by atoms with van der Waals surface area (Å²) in [4.78, 5) is 35.4. The zero-order chi connectivity index (χ0) is 25.8. The van der Waals surface area contributed by atoms with E-state index in [1.807, 2.05) is 0 Å². The van der Waals surface area contributed by atoms with Crippen molar-refractivity contribution >= 4 is 24.5 Å². The highest BCUT2D eigenvalue weighted by molar-refractivity contribution is 5.96. The van der Waals surface area contributed by atoms with Crippen LogP contribution < -0.4 is 5.32 Å². The zero-order valence-electron chi connectivity index (χ0n) is 18.1. The molecule has 1 saturated heterocycles. The number of carbonyl (C=O) groups excluding carboxylic acids is 3. The Labute approximate surface area is 195 Å². The molecule has 12 heteroatoms. The first-order valence-electron chi connectivity index (χ1n) is 10.4. The summed E-state index contributed by atoms with van der Waals surface area (Å²) < 4.78 is 87.0. The lowest BCUT2D eigenvalue weighted by molar-refractivity contribution is -0.143. The van der Waals surface area contributed by atoms with Gasteiger partial charge in [0.2, 0.25) is 6.41 Å². The standard InChI is InChI=1S/C23H20F6N2O4/c24-22(25,26)15-10-19(21(34)31-7-5-17(6-8-31)35-13-33)18(20(11-15)23(27,28)29)9-14-1-3-16(4-2-14)30-12-32/h1-4,10-13,17H,5-9H2,(H,30,32). The van der Waals surface area contributed by atoms with Gasteiger partial charge in [-0.05, 0) is 41.8 Å². The first-order chi connectivity index (χ1) is 16.4. The third-order valence-electron chi connectivity index (χ3n) is 5.65. The van der Waals surface area contributed by atoms with E-state index >= 15 is 0 Å².